The van der Waals surface area contributed by atoms with E-state index in [9.17, 15) is 27.3 Å². The molecule has 3 aliphatic rings. The number of rotatable bonds is 11. The number of carbonyl (C=O) groups is 1. The Kier molecular flexibility index (Phi) is 24.2. The maximum absolute atomic E-state index is 15.9. The molecule has 0 fully saturated rings. The molecule has 3 aromatic carbocycles. The van der Waals surface area contributed by atoms with Crippen LogP contribution in [0.25, 0.3) is 5.57 Å². The minimum Gasteiger partial charge on any atom is -0.744 e. The maximum Gasteiger partial charge on any atom is 1.00 e. The van der Waals surface area contributed by atoms with Crippen molar-refractivity contribution < 1.29 is 155 Å². The van der Waals surface area contributed by atoms with E-state index in [1.54, 1.807) is 24.3 Å². The summed E-state index contributed by atoms with van der Waals surface area (Å²) in [7, 11) is -11.0. The number of benzene rings is 3. The number of hydrogen-bond acceptors (Lipinski definition) is 11. The molecule has 0 amide bonds. The minimum absolute atomic E-state index is 0. The van der Waals surface area contributed by atoms with Crippen molar-refractivity contribution in [3.05, 3.63) is 137 Å². The number of anilines is 1. The van der Waals surface area contributed by atoms with E-state index in [-0.39, 0.29) is 112 Å². The van der Waals surface area contributed by atoms with Gasteiger partial charge in [-0.05, 0) is 65.9 Å². The Balaban J connectivity index is 0.00000183. The van der Waals surface area contributed by atoms with E-state index in [2.05, 4.69) is 38.3 Å². The molecule has 0 saturated heterocycles. The van der Waals surface area contributed by atoms with E-state index in [1.165, 1.54) is 12.1 Å². The Labute approximate surface area is 452 Å². The molecule has 66 heavy (non-hydrogen) atoms. The first kappa shape index (κ1) is 61.5. The fourth-order valence-corrected chi connectivity index (χ4v) is 8.78. The average Bonchev–Trinajstić information content (AvgIpc) is 3.52. The van der Waals surface area contributed by atoms with Crippen LogP contribution in [-0.4, -0.2) is 72.7 Å². The van der Waals surface area contributed by atoms with Gasteiger partial charge in [0.15, 0.2) is 5.71 Å². The van der Waals surface area contributed by atoms with Gasteiger partial charge >= 0.3 is 116 Å². The fourth-order valence-electron chi connectivity index (χ4n) is 8.28. The van der Waals surface area contributed by atoms with Crippen LogP contribution in [0.2, 0.25) is 0 Å². The summed E-state index contributed by atoms with van der Waals surface area (Å²) in [5.41, 5.74) is 4.05. The molecule has 6 rings (SSSR count). The number of carboxylic acids is 1. The molecule has 3 aromatic rings. The molecule has 1 aliphatic carbocycles. The maximum atomic E-state index is 15.9. The number of aliphatic carboxylic acids is 1. The molecule has 0 aromatic heterocycles. The van der Waals surface area contributed by atoms with Crippen LogP contribution in [0.3, 0.4) is 0 Å². The minimum atomic E-state index is -4.75. The number of fused-ring (bicyclic) bond motifs is 2. The Morgan fingerprint density at radius 2 is 1.52 bits per heavy atom. The summed E-state index contributed by atoms with van der Waals surface area (Å²) in [5, 5.41) is 10.4. The van der Waals surface area contributed by atoms with Crippen molar-refractivity contribution in [2.24, 2.45) is 5.92 Å². The third kappa shape index (κ3) is 14.5. The molecule has 2 heterocycles. The van der Waals surface area contributed by atoms with Crippen molar-refractivity contribution in [3.63, 3.8) is 0 Å². The summed E-state index contributed by atoms with van der Waals surface area (Å²) >= 11 is 0. The SMILES string of the molecule is O=S(=O)=O.O=S(=O)=O.[CH2-]CCN1/C(=C/C=C2\CC(C(=O)O)CC(/C=C/C3=[N+](CCCC)c4cc[c-]cc4C3(C)C)=C2c2c(F)cc(F)cc2F)C(C)(C)c2cc(S(=O)(=O)[O-])ccc21.[Na+].[Na+].[Na+]. The van der Waals surface area contributed by atoms with E-state index in [1.807, 2.05) is 43.0 Å². The first-order valence-electron chi connectivity index (χ1n) is 19.4. The van der Waals surface area contributed by atoms with Crippen LogP contribution in [0.15, 0.2) is 94.6 Å². The number of unbranched alkanes of at least 4 members (excludes halogenated alkanes) is 1. The van der Waals surface area contributed by atoms with Crippen LogP contribution in [0.5, 0.6) is 0 Å². The zero-order chi connectivity index (χ0) is 47.2. The molecule has 2 aliphatic heterocycles. The molecule has 0 bridgehead atoms. The predicted octanol–water partition coefficient (Wildman–Crippen LogP) is -1.67. The van der Waals surface area contributed by atoms with Gasteiger partial charge in [0.1, 0.15) is 39.8 Å². The molecule has 1 atom stereocenters. The largest absolute Gasteiger partial charge is 1.00 e. The molecule has 13 nitrogen and oxygen atoms in total. The zero-order valence-corrected chi connectivity index (χ0v) is 46.4. The predicted molar refractivity (Wildman–Crippen MR) is 226 cm³/mol. The van der Waals surface area contributed by atoms with Crippen molar-refractivity contribution in [1.82, 2.24) is 0 Å². The van der Waals surface area contributed by atoms with E-state index in [4.69, 9.17) is 25.3 Å². The van der Waals surface area contributed by atoms with Crippen LogP contribution < -0.4 is 93.6 Å². The van der Waals surface area contributed by atoms with Crippen LogP contribution in [0.1, 0.15) is 83.4 Å². The molecule has 1 N–H and O–H groups in total. The van der Waals surface area contributed by atoms with Crippen LogP contribution in [0, 0.1) is 36.4 Å². The van der Waals surface area contributed by atoms with Gasteiger partial charge in [-0.2, -0.15) is 24.6 Å². The third-order valence-corrected chi connectivity index (χ3v) is 11.9. The van der Waals surface area contributed by atoms with Crippen LogP contribution >= 0.6 is 0 Å². The molecule has 0 saturated carbocycles. The summed E-state index contributed by atoms with van der Waals surface area (Å²) in [4.78, 5) is 14.3. The topological polar surface area (TPSA) is 203 Å². The van der Waals surface area contributed by atoms with Gasteiger partial charge in [0.2, 0.25) is 0 Å². The zero-order valence-electron chi connectivity index (χ0n) is 37.9. The van der Waals surface area contributed by atoms with Crippen molar-refractivity contribution >= 4 is 60.0 Å². The van der Waals surface area contributed by atoms with Crippen molar-refractivity contribution in [2.75, 3.05) is 18.0 Å². The monoisotopic (exact) mass is 999 g/mol. The van der Waals surface area contributed by atoms with Crippen LogP contribution in [-0.2, 0) is 47.0 Å². The van der Waals surface area contributed by atoms with Gasteiger partial charge in [0, 0.05) is 46.8 Å². The third-order valence-electron chi connectivity index (χ3n) is 11.1. The Morgan fingerprint density at radius 3 is 2.05 bits per heavy atom. The molecule has 338 valence electrons. The Bertz CT molecular complexity index is 2770. The molecule has 0 radical (unpaired) electrons. The normalized spacial score (nSPS) is 17.9. The number of hydrogen-bond donors (Lipinski definition) is 1. The van der Waals surface area contributed by atoms with Gasteiger partial charge in [-0.1, -0.05) is 58.8 Å². The first-order valence-corrected chi connectivity index (χ1v) is 22.9. The van der Waals surface area contributed by atoms with E-state index < -0.39 is 77.1 Å². The second-order valence-electron chi connectivity index (χ2n) is 15.8. The second-order valence-corrected chi connectivity index (χ2v) is 18.0. The van der Waals surface area contributed by atoms with Crippen LogP contribution in [0.4, 0.5) is 24.5 Å². The van der Waals surface area contributed by atoms with Crippen molar-refractivity contribution in [1.29, 1.82) is 0 Å². The summed E-state index contributed by atoms with van der Waals surface area (Å²) < 4.78 is 135. The van der Waals surface area contributed by atoms with Gasteiger partial charge in [0.05, 0.1) is 16.4 Å². The summed E-state index contributed by atoms with van der Waals surface area (Å²) in [6, 6.07) is 14.4. The van der Waals surface area contributed by atoms with E-state index in [0.29, 0.717) is 53.2 Å². The molecule has 22 heteroatoms. The average molecular weight is 1000 g/mol. The summed E-state index contributed by atoms with van der Waals surface area (Å²) in [6.07, 6.45) is 9.26. The molecular weight excluding hydrogens is 955 g/mol. The quantitative estimate of drug-likeness (QED) is 0.0993. The van der Waals surface area contributed by atoms with E-state index in [0.717, 1.165) is 36.3 Å². The van der Waals surface area contributed by atoms with Gasteiger partial charge in [-0.25, -0.2) is 26.2 Å². The Morgan fingerprint density at radius 1 is 0.924 bits per heavy atom. The molecule has 0 spiro atoms. The molecule has 1 unspecified atom stereocenters. The number of halogens is 3. The van der Waals surface area contributed by atoms with E-state index >= 15 is 8.78 Å². The summed E-state index contributed by atoms with van der Waals surface area (Å²) in [6.45, 7) is 15.2. The number of allylic oxidation sites excluding steroid dienone is 8. The first-order chi connectivity index (χ1) is 29.4. The van der Waals surface area contributed by atoms with Gasteiger partial charge in [-0.15, -0.1) is 31.3 Å². The van der Waals surface area contributed by atoms with Gasteiger partial charge in [-0.3, -0.25) is 4.79 Å². The second kappa shape index (κ2) is 25.9. The molecular formula is C44H45F3N2Na3O11S3+. The Hall–Kier alpha value is -2.50. The smallest absolute Gasteiger partial charge is 0.744 e. The number of carboxylic acid groups (broad SMARTS) is 1. The summed E-state index contributed by atoms with van der Waals surface area (Å²) in [5.74, 6) is -5.35. The van der Waals surface area contributed by atoms with Crippen molar-refractivity contribution in [3.8, 4) is 0 Å². The van der Waals surface area contributed by atoms with Gasteiger partial charge < -0.3 is 21.5 Å². The fraction of sp³-hybridized carbons (Fsp3) is 0.341. The van der Waals surface area contributed by atoms with Gasteiger partial charge in [0.25, 0.3) is 0 Å². The number of nitrogens with zero attached hydrogens (tertiary/aromatic N) is 2. The standard InChI is InChI=1S/C44H46F3N2O5S.3Na.2O3S/c1-7-9-21-49-36-13-11-10-12-32(36)43(3,4)38(49)18-14-27-22-29(42(50)51)23-28(40(27)41-34(46)24-30(45)25-35(41)47)15-19-39-44(5,6)33-26-31(55(52,53)54)16-17-37(33)48(39)20-8-2;;;;2*1-4(2)3/h11-19,24-26,29H,2,7-9,20-23H2,1,3-6H3,(H,50,51)(H,52,53,54);;;;;/q-1;3*+1;;/p-1. The van der Waals surface area contributed by atoms with Crippen molar-refractivity contribution in [2.45, 2.75) is 82.4 Å².